The summed E-state index contributed by atoms with van der Waals surface area (Å²) in [6, 6.07) is 0. The van der Waals surface area contributed by atoms with E-state index in [9.17, 15) is 19.8 Å². The third-order valence-electron chi connectivity index (χ3n) is 13.3. The molecule has 4 saturated heterocycles. The van der Waals surface area contributed by atoms with Crippen LogP contribution in [0.15, 0.2) is 23.3 Å². The van der Waals surface area contributed by atoms with Gasteiger partial charge in [0.25, 0.3) is 0 Å². The molecule has 0 amide bonds. The Morgan fingerprint density at radius 1 is 0.653 bits per heavy atom. The second-order valence-corrected chi connectivity index (χ2v) is 18.6. The third-order valence-corrected chi connectivity index (χ3v) is 14.4. The van der Waals surface area contributed by atoms with Crippen molar-refractivity contribution in [3.63, 3.8) is 0 Å². The summed E-state index contributed by atoms with van der Waals surface area (Å²) in [5, 5.41) is 22.9. The molecular formula is C40H62O8S. The van der Waals surface area contributed by atoms with Gasteiger partial charge < -0.3 is 29.2 Å². The molecule has 49 heavy (non-hydrogen) atoms. The Balaban J connectivity index is 1.13. The number of fused-ring (bicyclic) bond motifs is 6. The highest BCUT2D eigenvalue weighted by Crippen LogP contribution is 2.49. The summed E-state index contributed by atoms with van der Waals surface area (Å²) in [6.07, 6.45) is 15.1. The third kappa shape index (κ3) is 8.81. The van der Waals surface area contributed by atoms with Gasteiger partial charge in [-0.3, -0.25) is 9.59 Å². The minimum Gasteiger partial charge on any atom is -0.459 e. The number of rotatable bonds is 4. The van der Waals surface area contributed by atoms with Crippen molar-refractivity contribution in [1.29, 1.82) is 0 Å². The predicted molar refractivity (Wildman–Crippen MR) is 191 cm³/mol. The van der Waals surface area contributed by atoms with Crippen LogP contribution in [0.25, 0.3) is 0 Å². The van der Waals surface area contributed by atoms with Crippen LogP contribution in [0.2, 0.25) is 0 Å². The summed E-state index contributed by atoms with van der Waals surface area (Å²) >= 11 is 1.65. The minimum atomic E-state index is -1.10. The number of hydrogen-bond donors (Lipinski definition) is 2. The number of carbonyl (C=O) groups excluding carboxylic acids is 2. The molecule has 6 aliphatic rings. The van der Waals surface area contributed by atoms with Crippen molar-refractivity contribution >= 4 is 23.7 Å². The van der Waals surface area contributed by atoms with Gasteiger partial charge in [0.15, 0.2) is 0 Å². The maximum absolute atomic E-state index is 13.7. The number of allylic oxidation sites excluding steroid dienone is 4. The Hall–Kier alpha value is -1.39. The van der Waals surface area contributed by atoms with E-state index in [2.05, 4.69) is 39.8 Å². The molecule has 0 unspecified atom stereocenters. The number of esters is 2. The molecule has 6 rings (SSSR count). The maximum Gasteiger partial charge on any atom is 0.310 e. The van der Waals surface area contributed by atoms with Gasteiger partial charge in [0.05, 0.1) is 46.4 Å². The normalized spacial score (nSPS) is 48.8. The number of carbonyl (C=O) groups is 2. The van der Waals surface area contributed by atoms with E-state index in [0.717, 1.165) is 64.2 Å². The first kappa shape index (κ1) is 37.4. The SMILES string of the molecule is C/C1=C\CC[C@](C)(O)[C@H]2C[C@@H](CC[C@]3(C)O[C@H]3CC1)[C@H](CSC[C@@H]1C(=O)O[C@@H]3C[C@H]1CC[C@]1(C)O[C@H]1CC/C(C)=C/CC[C@]3(C)O)C(=O)O2. The van der Waals surface area contributed by atoms with Gasteiger partial charge >= 0.3 is 11.9 Å². The zero-order valence-corrected chi connectivity index (χ0v) is 31.7. The van der Waals surface area contributed by atoms with Crippen molar-refractivity contribution in [2.75, 3.05) is 11.5 Å². The molecule has 0 aromatic rings. The summed E-state index contributed by atoms with van der Waals surface area (Å²) in [7, 11) is 0. The van der Waals surface area contributed by atoms with Gasteiger partial charge in [-0.2, -0.15) is 11.8 Å². The largest absolute Gasteiger partial charge is 0.459 e. The summed E-state index contributed by atoms with van der Waals surface area (Å²) in [6.45, 7) is 12.3. The topological polar surface area (TPSA) is 118 Å². The first-order valence-electron chi connectivity index (χ1n) is 19.2. The van der Waals surface area contributed by atoms with Crippen LogP contribution < -0.4 is 0 Å². The Bertz CT molecular complexity index is 1190. The van der Waals surface area contributed by atoms with Crippen LogP contribution in [0.3, 0.4) is 0 Å². The standard InChI is InChI=1S/C40H62O8S/c1-25-9-7-17-37(3,43)33-21-27(15-19-39(5)31(47-39)13-11-25)29(35(41)45-33)23-49-24-30-28-16-20-40(6)32(48-40)14-12-26(2)10-8-18-38(4,44)34(22-28)46-36(30)42/h9-10,27-34,43-44H,7-8,11-24H2,1-6H3/b25-9+,26-10+/t27-,28-,29+,30+,31+,32+,33-,34-,37+,38+,39+,40+/m1/s1. The van der Waals surface area contributed by atoms with Crippen molar-refractivity contribution in [3.05, 3.63) is 23.3 Å². The van der Waals surface area contributed by atoms with Gasteiger partial charge in [-0.15, -0.1) is 0 Å². The molecular weight excluding hydrogens is 640 g/mol. The Morgan fingerprint density at radius 2 is 1.06 bits per heavy atom. The zero-order valence-electron chi connectivity index (χ0n) is 30.8. The molecule has 4 bridgehead atoms. The molecule has 9 heteroatoms. The van der Waals surface area contributed by atoms with Crippen molar-refractivity contribution in [2.24, 2.45) is 23.7 Å². The number of thioether (sulfide) groups is 1. The monoisotopic (exact) mass is 702 g/mol. The van der Waals surface area contributed by atoms with Crippen LogP contribution in [-0.2, 0) is 28.5 Å². The van der Waals surface area contributed by atoms with Gasteiger partial charge in [0.1, 0.15) is 12.2 Å². The van der Waals surface area contributed by atoms with Crippen molar-refractivity contribution in [2.45, 2.75) is 178 Å². The van der Waals surface area contributed by atoms with Gasteiger partial charge in [0, 0.05) is 11.5 Å². The van der Waals surface area contributed by atoms with Crippen LogP contribution in [0.4, 0.5) is 0 Å². The lowest BCUT2D eigenvalue weighted by Gasteiger charge is -2.42. The van der Waals surface area contributed by atoms with Crippen LogP contribution >= 0.6 is 11.8 Å². The number of aliphatic hydroxyl groups is 2. The summed E-state index contributed by atoms with van der Waals surface area (Å²) < 4.78 is 24.5. The number of epoxide rings is 2. The van der Waals surface area contributed by atoms with E-state index < -0.39 is 23.4 Å². The molecule has 8 nitrogen and oxygen atoms in total. The van der Waals surface area contributed by atoms with E-state index in [0.29, 0.717) is 37.2 Å². The average molecular weight is 703 g/mol. The highest BCUT2D eigenvalue weighted by atomic mass is 32.2. The highest BCUT2D eigenvalue weighted by molar-refractivity contribution is 7.99. The second-order valence-electron chi connectivity index (χ2n) is 17.5. The van der Waals surface area contributed by atoms with Crippen molar-refractivity contribution in [3.8, 4) is 0 Å². The fraction of sp³-hybridized carbons (Fsp3) is 0.850. The first-order valence-corrected chi connectivity index (χ1v) is 20.3. The molecule has 0 radical (unpaired) electrons. The molecule has 0 spiro atoms. The fourth-order valence-corrected chi connectivity index (χ4v) is 10.6. The summed E-state index contributed by atoms with van der Waals surface area (Å²) in [4.78, 5) is 27.4. The lowest BCUT2D eigenvalue weighted by atomic mass is 9.76. The quantitative estimate of drug-likeness (QED) is 0.178. The number of ether oxygens (including phenoxy) is 4. The van der Waals surface area contributed by atoms with E-state index in [1.807, 2.05) is 13.8 Å². The van der Waals surface area contributed by atoms with Gasteiger partial charge in [-0.25, -0.2) is 0 Å². The Labute approximate surface area is 298 Å². The molecule has 12 atom stereocenters. The zero-order chi connectivity index (χ0) is 35.2. The van der Waals surface area contributed by atoms with Crippen molar-refractivity contribution < 1.29 is 38.7 Å². The van der Waals surface area contributed by atoms with E-state index >= 15 is 0 Å². The van der Waals surface area contributed by atoms with Gasteiger partial charge in [-0.05, 0) is 143 Å². The summed E-state index contributed by atoms with van der Waals surface area (Å²) in [5.74, 6) is 0.186. The Kier molecular flexibility index (Phi) is 11.1. The summed E-state index contributed by atoms with van der Waals surface area (Å²) in [5.41, 5.74) is 0.123. The smallest absolute Gasteiger partial charge is 0.310 e. The number of hydrogen-bond acceptors (Lipinski definition) is 9. The molecule has 2 N–H and O–H groups in total. The van der Waals surface area contributed by atoms with Gasteiger partial charge in [0.2, 0.25) is 0 Å². The minimum absolute atomic E-state index is 0.0702. The van der Waals surface area contributed by atoms with Crippen LogP contribution in [-0.4, -0.2) is 80.5 Å². The molecule has 0 aromatic carbocycles. The molecule has 4 fully saturated rings. The molecule has 4 aliphatic heterocycles. The van der Waals surface area contributed by atoms with E-state index in [4.69, 9.17) is 18.9 Å². The predicted octanol–water partition coefficient (Wildman–Crippen LogP) is 7.23. The second kappa shape index (κ2) is 14.6. The van der Waals surface area contributed by atoms with Crippen LogP contribution in [0, 0.1) is 23.7 Å². The van der Waals surface area contributed by atoms with E-state index in [-0.39, 0.29) is 59.0 Å². The lowest BCUT2D eigenvalue weighted by molar-refractivity contribution is -0.184. The molecule has 4 heterocycles. The average Bonchev–Trinajstić information content (AvgIpc) is 3.90. The lowest BCUT2D eigenvalue weighted by Crippen LogP contribution is -2.51. The molecule has 0 aromatic heterocycles. The molecule has 0 saturated carbocycles. The highest BCUT2D eigenvalue weighted by Gasteiger charge is 2.54. The molecule has 2 aliphatic carbocycles. The van der Waals surface area contributed by atoms with Crippen molar-refractivity contribution in [1.82, 2.24) is 0 Å². The van der Waals surface area contributed by atoms with Crippen LogP contribution in [0.5, 0.6) is 0 Å². The molecule has 276 valence electrons. The van der Waals surface area contributed by atoms with E-state index in [1.54, 1.807) is 11.8 Å². The van der Waals surface area contributed by atoms with Crippen LogP contribution in [0.1, 0.15) is 131 Å². The Morgan fingerprint density at radius 3 is 1.47 bits per heavy atom. The van der Waals surface area contributed by atoms with E-state index in [1.165, 1.54) is 11.1 Å². The fourth-order valence-electron chi connectivity index (χ4n) is 9.10. The maximum atomic E-state index is 13.7. The van der Waals surface area contributed by atoms with Gasteiger partial charge in [-0.1, -0.05) is 23.3 Å². The first-order chi connectivity index (χ1) is 23.1.